The Morgan fingerprint density at radius 3 is 2.52 bits per heavy atom. The van der Waals surface area contributed by atoms with Gasteiger partial charge in [-0.2, -0.15) is 0 Å². The summed E-state index contributed by atoms with van der Waals surface area (Å²) in [7, 11) is 4.06. The zero-order valence-corrected chi connectivity index (χ0v) is 18.9. The molecule has 27 heavy (non-hydrogen) atoms. The maximum atomic E-state index is 13.2. The van der Waals surface area contributed by atoms with Crippen LogP contribution in [0.5, 0.6) is 0 Å². The summed E-state index contributed by atoms with van der Waals surface area (Å²) >= 11 is 9.03. The maximum absolute atomic E-state index is 13.2. The first-order chi connectivity index (χ1) is 12.3. The minimum atomic E-state index is -0.0305. The lowest BCUT2D eigenvalue weighted by atomic mass is 10.3. The van der Waals surface area contributed by atoms with E-state index in [0.29, 0.717) is 21.6 Å². The fourth-order valence-electron chi connectivity index (χ4n) is 2.68. The Bertz CT molecular complexity index is 939. The van der Waals surface area contributed by atoms with Crippen molar-refractivity contribution in [1.29, 1.82) is 0 Å². The SMILES string of the molecule is Cc1nc(C)c(C(=O)N(CCCN(C)C)c2nc3ccc(Cl)cc3s2)s1.Cl. The first-order valence-corrected chi connectivity index (χ1v) is 10.3. The molecule has 0 unspecified atom stereocenters. The number of fused-ring (bicyclic) bond motifs is 1. The molecule has 0 spiro atoms. The van der Waals surface area contributed by atoms with Crippen LogP contribution in [0, 0.1) is 13.8 Å². The molecule has 0 N–H and O–H groups in total. The summed E-state index contributed by atoms with van der Waals surface area (Å²) in [5.41, 5.74) is 1.64. The third-order valence-electron chi connectivity index (χ3n) is 3.90. The Morgan fingerprint density at radius 1 is 1.15 bits per heavy atom. The predicted octanol–water partition coefficient (Wildman–Crippen LogP) is 5.04. The molecule has 0 bridgehead atoms. The van der Waals surface area contributed by atoms with E-state index in [1.54, 1.807) is 4.90 Å². The third-order valence-corrected chi connectivity index (χ3v) is 6.24. The lowest BCUT2D eigenvalue weighted by Crippen LogP contribution is -2.33. The molecule has 0 aliphatic carbocycles. The standard InChI is InChI=1S/C18H21ClN4OS2.ClH/c1-11-16(25-12(2)20-11)17(24)23(9-5-8-22(3)4)18-21-14-7-6-13(19)10-15(14)26-18;/h6-7,10H,5,8-9H2,1-4H3;1H. The number of thiazole rings is 2. The van der Waals surface area contributed by atoms with E-state index in [2.05, 4.69) is 14.9 Å². The summed E-state index contributed by atoms with van der Waals surface area (Å²) in [6, 6.07) is 5.60. The number of halogens is 2. The lowest BCUT2D eigenvalue weighted by molar-refractivity contribution is 0.0989. The van der Waals surface area contributed by atoms with Crippen LogP contribution in [0.2, 0.25) is 5.02 Å². The molecule has 5 nitrogen and oxygen atoms in total. The number of hydrogen-bond acceptors (Lipinski definition) is 6. The zero-order valence-electron chi connectivity index (χ0n) is 15.7. The van der Waals surface area contributed by atoms with Crippen LogP contribution in [0.15, 0.2) is 18.2 Å². The van der Waals surface area contributed by atoms with E-state index >= 15 is 0 Å². The van der Waals surface area contributed by atoms with E-state index in [-0.39, 0.29) is 18.3 Å². The number of amides is 1. The number of benzene rings is 1. The summed E-state index contributed by atoms with van der Waals surface area (Å²) in [6.07, 6.45) is 0.867. The first-order valence-electron chi connectivity index (χ1n) is 8.32. The summed E-state index contributed by atoms with van der Waals surface area (Å²) in [6.45, 7) is 5.32. The van der Waals surface area contributed by atoms with Crippen LogP contribution in [-0.2, 0) is 0 Å². The maximum Gasteiger partial charge on any atom is 0.272 e. The van der Waals surface area contributed by atoms with Crippen LogP contribution in [0.3, 0.4) is 0 Å². The predicted molar refractivity (Wildman–Crippen MR) is 118 cm³/mol. The number of carbonyl (C=O) groups excluding carboxylic acids is 1. The van der Waals surface area contributed by atoms with E-state index in [1.807, 2.05) is 46.1 Å². The highest BCUT2D eigenvalue weighted by Gasteiger charge is 2.24. The van der Waals surface area contributed by atoms with Gasteiger partial charge in [-0.05, 0) is 59.1 Å². The largest absolute Gasteiger partial charge is 0.309 e. The van der Waals surface area contributed by atoms with Crippen molar-refractivity contribution in [1.82, 2.24) is 14.9 Å². The van der Waals surface area contributed by atoms with Crippen molar-refractivity contribution in [2.45, 2.75) is 20.3 Å². The van der Waals surface area contributed by atoms with E-state index in [0.717, 1.165) is 33.9 Å². The topological polar surface area (TPSA) is 49.3 Å². The van der Waals surface area contributed by atoms with Crippen LogP contribution in [-0.4, -0.2) is 48.0 Å². The molecule has 1 amide bonds. The number of aromatic nitrogens is 2. The molecule has 146 valence electrons. The van der Waals surface area contributed by atoms with Crippen molar-refractivity contribution in [2.75, 3.05) is 32.1 Å². The zero-order chi connectivity index (χ0) is 18.8. The average Bonchev–Trinajstić information content (AvgIpc) is 3.12. The van der Waals surface area contributed by atoms with Crippen molar-refractivity contribution in [3.05, 3.63) is 38.8 Å². The highest BCUT2D eigenvalue weighted by molar-refractivity contribution is 7.22. The monoisotopic (exact) mass is 444 g/mol. The second kappa shape index (κ2) is 9.30. The Morgan fingerprint density at radius 2 is 1.89 bits per heavy atom. The van der Waals surface area contributed by atoms with Gasteiger partial charge < -0.3 is 4.90 Å². The van der Waals surface area contributed by atoms with Crippen LogP contribution in [0.1, 0.15) is 26.8 Å². The van der Waals surface area contributed by atoms with Gasteiger partial charge in [0.1, 0.15) is 4.88 Å². The van der Waals surface area contributed by atoms with Crippen molar-refractivity contribution in [2.24, 2.45) is 0 Å². The Balaban J connectivity index is 0.00000261. The van der Waals surface area contributed by atoms with Crippen LogP contribution < -0.4 is 4.90 Å². The van der Waals surface area contributed by atoms with Gasteiger partial charge in [0.05, 0.1) is 20.9 Å². The summed E-state index contributed by atoms with van der Waals surface area (Å²) in [5.74, 6) is -0.0305. The highest BCUT2D eigenvalue weighted by atomic mass is 35.5. The molecular formula is C18H22Cl2N4OS2. The number of anilines is 1. The summed E-state index contributed by atoms with van der Waals surface area (Å²) < 4.78 is 0.982. The van der Waals surface area contributed by atoms with Crippen molar-refractivity contribution < 1.29 is 4.79 Å². The highest BCUT2D eigenvalue weighted by Crippen LogP contribution is 2.32. The fraction of sp³-hybridized carbons (Fsp3) is 0.389. The molecular weight excluding hydrogens is 423 g/mol. The van der Waals surface area contributed by atoms with Gasteiger partial charge in [-0.15, -0.1) is 23.7 Å². The molecule has 9 heteroatoms. The molecule has 2 heterocycles. The summed E-state index contributed by atoms with van der Waals surface area (Å²) in [4.78, 5) is 26.9. The second-order valence-corrected chi connectivity index (χ2v) is 9.02. The van der Waals surface area contributed by atoms with Crippen molar-refractivity contribution in [3.8, 4) is 0 Å². The van der Waals surface area contributed by atoms with E-state index in [4.69, 9.17) is 11.6 Å². The molecule has 0 saturated carbocycles. The van der Waals surface area contributed by atoms with Crippen LogP contribution in [0.4, 0.5) is 5.13 Å². The van der Waals surface area contributed by atoms with Gasteiger partial charge in [0.25, 0.3) is 5.91 Å². The van der Waals surface area contributed by atoms with Crippen molar-refractivity contribution >= 4 is 67.9 Å². The van der Waals surface area contributed by atoms with Gasteiger partial charge in [0.2, 0.25) is 0 Å². The Hall–Kier alpha value is -1.25. The quantitative estimate of drug-likeness (QED) is 0.533. The smallest absolute Gasteiger partial charge is 0.272 e. The number of hydrogen-bond donors (Lipinski definition) is 0. The van der Waals surface area contributed by atoms with E-state index in [9.17, 15) is 4.79 Å². The molecule has 0 saturated heterocycles. The molecule has 3 rings (SSSR count). The Kier molecular flexibility index (Phi) is 7.59. The van der Waals surface area contributed by atoms with Gasteiger partial charge in [-0.3, -0.25) is 9.69 Å². The summed E-state index contributed by atoms with van der Waals surface area (Å²) in [5, 5.41) is 2.28. The van der Waals surface area contributed by atoms with E-state index < -0.39 is 0 Å². The number of carbonyl (C=O) groups is 1. The fourth-order valence-corrected chi connectivity index (χ4v) is 4.82. The third kappa shape index (κ3) is 5.18. The van der Waals surface area contributed by atoms with Gasteiger partial charge in [-0.1, -0.05) is 22.9 Å². The number of rotatable bonds is 6. The van der Waals surface area contributed by atoms with Crippen molar-refractivity contribution in [3.63, 3.8) is 0 Å². The van der Waals surface area contributed by atoms with E-state index in [1.165, 1.54) is 22.7 Å². The van der Waals surface area contributed by atoms with Gasteiger partial charge in [0.15, 0.2) is 5.13 Å². The van der Waals surface area contributed by atoms with Gasteiger partial charge in [-0.25, -0.2) is 9.97 Å². The van der Waals surface area contributed by atoms with Crippen LogP contribution in [0.25, 0.3) is 10.2 Å². The second-order valence-electron chi connectivity index (χ2n) is 6.37. The molecule has 0 fully saturated rings. The molecule has 0 atom stereocenters. The average molecular weight is 445 g/mol. The molecule has 1 aromatic carbocycles. The molecule has 0 aliphatic rings. The van der Waals surface area contributed by atoms with Gasteiger partial charge in [0, 0.05) is 11.6 Å². The molecule has 2 aromatic heterocycles. The number of aryl methyl sites for hydroxylation is 2. The normalized spacial score (nSPS) is 11.0. The first kappa shape index (κ1) is 22.0. The minimum absolute atomic E-state index is 0. The minimum Gasteiger partial charge on any atom is -0.309 e. The molecule has 3 aromatic rings. The van der Waals surface area contributed by atoms with Gasteiger partial charge >= 0.3 is 0 Å². The Labute approximate surface area is 178 Å². The number of nitrogens with zero attached hydrogens (tertiary/aromatic N) is 4. The molecule has 0 radical (unpaired) electrons. The molecule has 0 aliphatic heterocycles. The lowest BCUT2D eigenvalue weighted by Gasteiger charge is -2.20. The van der Waals surface area contributed by atoms with Crippen LogP contribution >= 0.6 is 46.7 Å².